The fourth-order valence-electron chi connectivity index (χ4n) is 1.47. The molecule has 0 bridgehead atoms. The van der Waals surface area contributed by atoms with Gasteiger partial charge in [-0.05, 0) is 26.0 Å². The van der Waals surface area contributed by atoms with E-state index in [9.17, 15) is 9.59 Å². The Hall–Kier alpha value is -1.10. The molecule has 6 heteroatoms. The van der Waals surface area contributed by atoms with Crippen LogP contribution in [0.4, 0.5) is 0 Å². The van der Waals surface area contributed by atoms with E-state index in [1.165, 1.54) is 25.2 Å². The molecule has 3 nitrogen and oxygen atoms in total. The van der Waals surface area contributed by atoms with Gasteiger partial charge in [0.25, 0.3) is 0 Å². The maximum atomic E-state index is 12.0. The molecule has 0 aliphatic rings. The third kappa shape index (κ3) is 2.91. The zero-order valence-electron chi connectivity index (χ0n) is 10.2. The van der Waals surface area contributed by atoms with E-state index in [0.29, 0.717) is 10.0 Å². The number of carbonyl (C=O) groups excluding carboxylic acids is 2. The smallest absolute Gasteiger partial charge is 0.350 e. The predicted molar refractivity (Wildman–Crippen MR) is 77.4 cm³/mol. The van der Waals surface area contributed by atoms with E-state index in [-0.39, 0.29) is 10.7 Å². The van der Waals surface area contributed by atoms with Crippen LogP contribution in [0, 0.1) is 0 Å². The summed E-state index contributed by atoms with van der Waals surface area (Å²) in [4.78, 5) is 23.3. The highest BCUT2D eigenvalue weighted by atomic mass is 35.5. The van der Waals surface area contributed by atoms with E-state index in [1.54, 1.807) is 18.2 Å². The van der Waals surface area contributed by atoms with Crippen LogP contribution >= 0.6 is 34.5 Å². The number of hydrogen-bond donors (Lipinski definition) is 0. The van der Waals surface area contributed by atoms with Crippen molar-refractivity contribution in [3.05, 3.63) is 33.1 Å². The Bertz CT molecular complexity index is 663. The van der Waals surface area contributed by atoms with Gasteiger partial charge >= 0.3 is 5.97 Å². The van der Waals surface area contributed by atoms with Crippen molar-refractivity contribution >= 4 is 56.4 Å². The van der Waals surface area contributed by atoms with Gasteiger partial charge in [-0.25, -0.2) is 4.79 Å². The fraction of sp³-hybridized carbons (Fsp3) is 0.231. The maximum absolute atomic E-state index is 12.0. The summed E-state index contributed by atoms with van der Waals surface area (Å²) in [7, 11) is 0. The molecule has 0 N–H and O–H groups in total. The monoisotopic (exact) mass is 316 g/mol. The summed E-state index contributed by atoms with van der Waals surface area (Å²) < 4.78 is 5.85. The van der Waals surface area contributed by atoms with Gasteiger partial charge in [0.2, 0.25) is 0 Å². The van der Waals surface area contributed by atoms with Crippen LogP contribution in [-0.2, 0) is 9.53 Å². The summed E-state index contributed by atoms with van der Waals surface area (Å²) in [5.41, 5.74) is 0. The summed E-state index contributed by atoms with van der Waals surface area (Å²) in [6.45, 7) is 2.89. The normalized spacial score (nSPS) is 12.4. The van der Waals surface area contributed by atoms with Crippen molar-refractivity contribution in [2.75, 3.05) is 0 Å². The van der Waals surface area contributed by atoms with Gasteiger partial charge in [-0.1, -0.05) is 29.3 Å². The van der Waals surface area contributed by atoms with Crippen molar-refractivity contribution in [3.8, 4) is 0 Å². The lowest BCUT2D eigenvalue weighted by molar-refractivity contribution is -0.124. The van der Waals surface area contributed by atoms with Crippen LogP contribution in [0.1, 0.15) is 23.5 Å². The summed E-state index contributed by atoms with van der Waals surface area (Å²) in [5.74, 6) is -0.807. The number of ketones is 1. The van der Waals surface area contributed by atoms with Crippen LogP contribution in [0.2, 0.25) is 10.0 Å². The number of ether oxygens (including phenoxy) is 1. The summed E-state index contributed by atoms with van der Waals surface area (Å²) in [5, 5.41) is 1.65. The summed E-state index contributed by atoms with van der Waals surface area (Å²) in [6, 6.07) is 5.19. The molecule has 100 valence electrons. The van der Waals surface area contributed by atoms with E-state index in [4.69, 9.17) is 27.9 Å². The third-order valence-electron chi connectivity index (χ3n) is 2.63. The van der Waals surface area contributed by atoms with Crippen LogP contribution in [0.15, 0.2) is 18.2 Å². The molecule has 1 aromatic heterocycles. The zero-order valence-corrected chi connectivity index (χ0v) is 12.5. The molecule has 0 amide bonds. The molecule has 1 aromatic carbocycles. The number of rotatable bonds is 3. The van der Waals surface area contributed by atoms with E-state index >= 15 is 0 Å². The number of carbonyl (C=O) groups is 2. The van der Waals surface area contributed by atoms with Crippen molar-refractivity contribution < 1.29 is 14.3 Å². The van der Waals surface area contributed by atoms with Crippen molar-refractivity contribution in [2.24, 2.45) is 0 Å². The third-order valence-corrected chi connectivity index (χ3v) is 4.51. The first-order valence-electron chi connectivity index (χ1n) is 5.49. The molecule has 0 radical (unpaired) electrons. The van der Waals surface area contributed by atoms with Gasteiger partial charge in [0.15, 0.2) is 11.9 Å². The molecule has 0 saturated carbocycles. The molecule has 0 fully saturated rings. The average Bonchev–Trinajstić information content (AvgIpc) is 2.66. The Balaban J connectivity index is 2.37. The predicted octanol–water partition coefficient (Wildman–Crippen LogP) is 4.34. The van der Waals surface area contributed by atoms with Gasteiger partial charge in [-0.2, -0.15) is 0 Å². The number of esters is 1. The molecule has 0 spiro atoms. The Labute approximate surface area is 124 Å². The van der Waals surface area contributed by atoms with Crippen molar-refractivity contribution in [1.82, 2.24) is 0 Å². The first-order valence-corrected chi connectivity index (χ1v) is 7.06. The lowest BCUT2D eigenvalue weighted by atomic mass is 10.2. The molecule has 0 saturated heterocycles. The first kappa shape index (κ1) is 14.3. The lowest BCUT2D eigenvalue weighted by Crippen LogP contribution is -2.21. The second-order valence-corrected chi connectivity index (χ2v) is 5.91. The first-order chi connectivity index (χ1) is 8.90. The second-order valence-electron chi connectivity index (χ2n) is 4.04. The van der Waals surface area contributed by atoms with Crippen LogP contribution in [0.3, 0.4) is 0 Å². The molecule has 0 unspecified atom stereocenters. The average molecular weight is 317 g/mol. The van der Waals surface area contributed by atoms with E-state index in [1.807, 2.05) is 0 Å². The van der Waals surface area contributed by atoms with Gasteiger partial charge in [0, 0.05) is 15.1 Å². The largest absolute Gasteiger partial charge is 0.450 e. The lowest BCUT2D eigenvalue weighted by Gasteiger charge is -2.08. The highest BCUT2D eigenvalue weighted by Gasteiger charge is 2.21. The number of Topliss-reactive ketones (excluding diaryl/α,β-unsaturated/α-hetero) is 1. The standard InChI is InChI=1S/C13H10Cl2O3S/c1-6(16)7(2)18-13(17)12-11(15)9-4-3-8(14)5-10(9)19-12/h3-5,7H,1-2H3/t7-/m1/s1. The van der Waals surface area contributed by atoms with E-state index < -0.39 is 12.1 Å². The second kappa shape index (κ2) is 5.49. The van der Waals surface area contributed by atoms with E-state index in [0.717, 1.165) is 10.1 Å². The highest BCUT2D eigenvalue weighted by Crippen LogP contribution is 2.37. The molecular formula is C13H10Cl2O3S. The molecule has 1 heterocycles. The maximum Gasteiger partial charge on any atom is 0.350 e. The Morgan fingerprint density at radius 3 is 2.63 bits per heavy atom. The Morgan fingerprint density at radius 2 is 2.00 bits per heavy atom. The number of benzene rings is 1. The Kier molecular flexibility index (Phi) is 4.13. The fourth-order valence-corrected chi connectivity index (χ4v) is 3.13. The minimum Gasteiger partial charge on any atom is -0.450 e. The SMILES string of the molecule is CC(=O)[C@@H](C)OC(=O)c1sc2cc(Cl)ccc2c1Cl. The zero-order chi connectivity index (χ0) is 14.2. The number of hydrogen-bond acceptors (Lipinski definition) is 4. The summed E-state index contributed by atoms with van der Waals surface area (Å²) >= 11 is 13.2. The molecule has 2 aromatic rings. The topological polar surface area (TPSA) is 43.4 Å². The van der Waals surface area contributed by atoms with Gasteiger partial charge in [0.1, 0.15) is 4.88 Å². The summed E-state index contributed by atoms with van der Waals surface area (Å²) in [6.07, 6.45) is -0.780. The van der Waals surface area contributed by atoms with Crippen molar-refractivity contribution in [3.63, 3.8) is 0 Å². The quantitative estimate of drug-likeness (QED) is 0.791. The molecule has 0 aliphatic heterocycles. The van der Waals surface area contributed by atoms with Gasteiger partial charge in [-0.3, -0.25) is 4.79 Å². The molecule has 0 aliphatic carbocycles. The molecule has 19 heavy (non-hydrogen) atoms. The van der Waals surface area contributed by atoms with Crippen LogP contribution < -0.4 is 0 Å². The van der Waals surface area contributed by atoms with Crippen LogP contribution in [0.25, 0.3) is 10.1 Å². The highest BCUT2D eigenvalue weighted by molar-refractivity contribution is 7.21. The minimum atomic E-state index is -0.780. The van der Waals surface area contributed by atoms with Gasteiger partial charge < -0.3 is 4.74 Å². The molecular weight excluding hydrogens is 307 g/mol. The number of halogens is 2. The number of thiophene rings is 1. The van der Waals surface area contributed by atoms with Gasteiger partial charge in [0.05, 0.1) is 5.02 Å². The van der Waals surface area contributed by atoms with Crippen molar-refractivity contribution in [2.45, 2.75) is 20.0 Å². The minimum absolute atomic E-state index is 0.214. The molecule has 2 rings (SSSR count). The van der Waals surface area contributed by atoms with Crippen molar-refractivity contribution in [1.29, 1.82) is 0 Å². The van der Waals surface area contributed by atoms with Crippen LogP contribution in [0.5, 0.6) is 0 Å². The Morgan fingerprint density at radius 1 is 1.32 bits per heavy atom. The number of fused-ring (bicyclic) bond motifs is 1. The van der Waals surface area contributed by atoms with Gasteiger partial charge in [-0.15, -0.1) is 11.3 Å². The molecule has 1 atom stereocenters. The van der Waals surface area contributed by atoms with Crippen LogP contribution in [-0.4, -0.2) is 17.9 Å². The van der Waals surface area contributed by atoms with E-state index in [2.05, 4.69) is 0 Å².